The summed E-state index contributed by atoms with van der Waals surface area (Å²) >= 11 is 0. The number of anilines is 1. The molecule has 0 spiro atoms. The number of hydrogen-bond acceptors (Lipinski definition) is 2. The molecule has 3 nitrogen and oxygen atoms in total. The Morgan fingerprint density at radius 3 is 2.57 bits per heavy atom. The molecule has 0 fully saturated rings. The molecule has 0 unspecified atom stereocenters. The van der Waals surface area contributed by atoms with Crippen molar-refractivity contribution in [2.45, 2.75) is 0 Å². The number of halogens is 2. The van der Waals surface area contributed by atoms with Gasteiger partial charge in [-0.3, -0.25) is 0 Å². The summed E-state index contributed by atoms with van der Waals surface area (Å²) in [7, 11) is 0. The van der Waals surface area contributed by atoms with Crippen LogP contribution in [-0.4, -0.2) is 11.1 Å². The van der Waals surface area contributed by atoms with E-state index in [9.17, 15) is 13.6 Å². The molecule has 0 aromatic heterocycles. The fourth-order valence-corrected chi connectivity index (χ4v) is 0.866. The van der Waals surface area contributed by atoms with Crippen LogP contribution < -0.4 is 5.73 Å². The molecular formula is C9H7F2NO2. The molecule has 74 valence electrons. The van der Waals surface area contributed by atoms with E-state index in [4.69, 9.17) is 10.8 Å². The van der Waals surface area contributed by atoms with Crippen molar-refractivity contribution in [2.24, 2.45) is 0 Å². The van der Waals surface area contributed by atoms with Gasteiger partial charge < -0.3 is 10.8 Å². The molecule has 14 heavy (non-hydrogen) atoms. The van der Waals surface area contributed by atoms with Gasteiger partial charge in [-0.05, 0) is 12.1 Å². The van der Waals surface area contributed by atoms with E-state index in [1.807, 2.05) is 0 Å². The van der Waals surface area contributed by atoms with Gasteiger partial charge in [-0.2, -0.15) is 0 Å². The number of nitrogen functional groups attached to an aromatic ring is 1. The van der Waals surface area contributed by atoms with Crippen LogP contribution in [0, 0.1) is 11.6 Å². The van der Waals surface area contributed by atoms with Gasteiger partial charge in [0.2, 0.25) is 0 Å². The average Bonchev–Trinajstić information content (AvgIpc) is 2.09. The number of rotatable bonds is 2. The van der Waals surface area contributed by atoms with Crippen LogP contribution in [-0.2, 0) is 4.79 Å². The summed E-state index contributed by atoms with van der Waals surface area (Å²) in [4.78, 5) is 10.1. The molecule has 0 aliphatic carbocycles. The average molecular weight is 199 g/mol. The number of nitrogens with two attached hydrogens (primary N) is 1. The Hall–Kier alpha value is -1.91. The lowest BCUT2D eigenvalue weighted by atomic mass is 10.1. The summed E-state index contributed by atoms with van der Waals surface area (Å²) in [6.45, 7) is 0. The maximum Gasteiger partial charge on any atom is 0.328 e. The quantitative estimate of drug-likeness (QED) is 0.562. The first-order chi connectivity index (χ1) is 6.50. The first-order valence-corrected chi connectivity index (χ1v) is 3.66. The van der Waals surface area contributed by atoms with Gasteiger partial charge in [0.15, 0.2) is 0 Å². The van der Waals surface area contributed by atoms with Gasteiger partial charge in [0.1, 0.15) is 11.6 Å². The number of benzene rings is 1. The minimum atomic E-state index is -1.23. The Labute approximate surface area is 78.5 Å². The fourth-order valence-electron chi connectivity index (χ4n) is 0.866. The first-order valence-electron chi connectivity index (χ1n) is 3.66. The molecule has 1 aromatic rings. The molecule has 1 aromatic carbocycles. The van der Waals surface area contributed by atoms with Gasteiger partial charge in [0.05, 0.1) is 5.69 Å². The van der Waals surface area contributed by atoms with Crippen LogP contribution in [0.4, 0.5) is 14.5 Å². The monoisotopic (exact) mass is 199 g/mol. The molecule has 0 amide bonds. The summed E-state index contributed by atoms with van der Waals surface area (Å²) in [5, 5.41) is 8.26. The molecule has 0 bridgehead atoms. The number of carboxylic acids is 1. The van der Waals surface area contributed by atoms with E-state index in [0.29, 0.717) is 6.08 Å². The van der Waals surface area contributed by atoms with Crippen molar-refractivity contribution in [3.8, 4) is 0 Å². The molecular weight excluding hydrogens is 192 g/mol. The Kier molecular flexibility index (Phi) is 2.81. The zero-order chi connectivity index (χ0) is 10.7. The van der Waals surface area contributed by atoms with Crippen LogP contribution in [0.1, 0.15) is 5.56 Å². The van der Waals surface area contributed by atoms with Crippen molar-refractivity contribution >= 4 is 17.7 Å². The number of carbonyl (C=O) groups is 1. The normalized spacial score (nSPS) is 10.7. The first kappa shape index (κ1) is 10.2. The lowest BCUT2D eigenvalue weighted by molar-refractivity contribution is -0.131. The van der Waals surface area contributed by atoms with E-state index in [2.05, 4.69) is 0 Å². The van der Waals surface area contributed by atoms with Crippen molar-refractivity contribution < 1.29 is 18.7 Å². The molecule has 0 radical (unpaired) electrons. The minimum absolute atomic E-state index is 0.154. The van der Waals surface area contributed by atoms with Crippen LogP contribution in [0.25, 0.3) is 6.08 Å². The summed E-state index contributed by atoms with van der Waals surface area (Å²) < 4.78 is 25.8. The van der Waals surface area contributed by atoms with Crippen molar-refractivity contribution in [2.75, 3.05) is 5.73 Å². The van der Waals surface area contributed by atoms with Crippen LogP contribution in [0.15, 0.2) is 18.2 Å². The minimum Gasteiger partial charge on any atom is -0.478 e. The third-order valence-electron chi connectivity index (χ3n) is 1.52. The molecule has 0 heterocycles. The van der Waals surface area contributed by atoms with Crippen LogP contribution >= 0.6 is 0 Å². The Balaban J connectivity index is 3.10. The molecule has 3 N–H and O–H groups in total. The van der Waals surface area contributed by atoms with Gasteiger partial charge in [-0.25, -0.2) is 13.6 Å². The largest absolute Gasteiger partial charge is 0.478 e. The zero-order valence-electron chi connectivity index (χ0n) is 7.00. The molecule has 0 aliphatic rings. The SMILES string of the molecule is Nc1cc(F)c(C=CC(=O)O)cc1F. The summed E-state index contributed by atoms with van der Waals surface area (Å²) in [6, 6.07) is 1.64. The number of aliphatic carboxylic acids is 1. The third kappa shape index (κ3) is 2.29. The standard InChI is InChI=1S/C9H7F2NO2/c10-6-4-8(12)7(11)3-5(6)1-2-9(13)14/h1-4H,12H2,(H,13,14). The lowest BCUT2D eigenvalue weighted by Crippen LogP contribution is -1.94. The van der Waals surface area contributed by atoms with E-state index in [-0.39, 0.29) is 11.3 Å². The topological polar surface area (TPSA) is 63.3 Å². The van der Waals surface area contributed by atoms with E-state index in [1.165, 1.54) is 0 Å². The van der Waals surface area contributed by atoms with Crippen molar-refractivity contribution in [3.05, 3.63) is 35.4 Å². The predicted molar refractivity (Wildman–Crippen MR) is 47.4 cm³/mol. The number of carboxylic acid groups (broad SMARTS) is 1. The van der Waals surface area contributed by atoms with E-state index >= 15 is 0 Å². The smallest absolute Gasteiger partial charge is 0.328 e. The highest BCUT2D eigenvalue weighted by Gasteiger charge is 2.05. The highest BCUT2D eigenvalue weighted by molar-refractivity contribution is 5.85. The molecule has 0 saturated heterocycles. The summed E-state index contributed by atoms with van der Waals surface area (Å²) in [5.41, 5.74) is 4.63. The van der Waals surface area contributed by atoms with Crippen LogP contribution in [0.3, 0.4) is 0 Å². The highest BCUT2D eigenvalue weighted by atomic mass is 19.1. The fraction of sp³-hybridized carbons (Fsp3) is 0. The molecule has 0 aliphatic heterocycles. The molecule has 0 saturated carbocycles. The Morgan fingerprint density at radius 2 is 2.00 bits per heavy atom. The van der Waals surface area contributed by atoms with Gasteiger partial charge in [0, 0.05) is 17.7 Å². The lowest BCUT2D eigenvalue weighted by Gasteiger charge is -1.99. The van der Waals surface area contributed by atoms with Crippen LogP contribution in [0.5, 0.6) is 0 Å². The van der Waals surface area contributed by atoms with Gasteiger partial charge in [-0.1, -0.05) is 0 Å². The Morgan fingerprint density at radius 1 is 1.36 bits per heavy atom. The second-order valence-electron chi connectivity index (χ2n) is 2.57. The van der Waals surface area contributed by atoms with Gasteiger partial charge in [-0.15, -0.1) is 0 Å². The van der Waals surface area contributed by atoms with E-state index in [1.54, 1.807) is 0 Å². The highest BCUT2D eigenvalue weighted by Crippen LogP contribution is 2.17. The van der Waals surface area contributed by atoms with Crippen molar-refractivity contribution in [3.63, 3.8) is 0 Å². The summed E-state index contributed by atoms with van der Waals surface area (Å²) in [5.74, 6) is -2.78. The number of hydrogen-bond donors (Lipinski definition) is 2. The Bertz CT molecular complexity index is 402. The second-order valence-corrected chi connectivity index (χ2v) is 2.57. The van der Waals surface area contributed by atoms with Gasteiger partial charge in [0.25, 0.3) is 0 Å². The second kappa shape index (κ2) is 3.87. The predicted octanol–water partition coefficient (Wildman–Crippen LogP) is 1.64. The molecule has 0 atom stereocenters. The maximum atomic E-state index is 13.0. The molecule has 1 rings (SSSR count). The zero-order valence-corrected chi connectivity index (χ0v) is 7.00. The molecule has 5 heteroatoms. The van der Waals surface area contributed by atoms with Gasteiger partial charge >= 0.3 is 5.97 Å². The van der Waals surface area contributed by atoms with Crippen LogP contribution in [0.2, 0.25) is 0 Å². The van der Waals surface area contributed by atoms with Crippen molar-refractivity contribution in [1.82, 2.24) is 0 Å². The van der Waals surface area contributed by atoms with Crippen molar-refractivity contribution in [1.29, 1.82) is 0 Å². The van der Waals surface area contributed by atoms with E-state index in [0.717, 1.165) is 18.2 Å². The third-order valence-corrected chi connectivity index (χ3v) is 1.52. The summed E-state index contributed by atoms with van der Waals surface area (Å²) in [6.07, 6.45) is 1.67. The maximum absolute atomic E-state index is 13.0. The van der Waals surface area contributed by atoms with E-state index < -0.39 is 17.6 Å².